The van der Waals surface area contributed by atoms with Crippen LogP contribution in [0.4, 0.5) is 0 Å². The van der Waals surface area contributed by atoms with Crippen molar-refractivity contribution in [1.82, 2.24) is 0 Å². The minimum Gasteiger partial charge on any atom is -0.779 e. The van der Waals surface area contributed by atoms with Crippen LogP contribution in [0, 0.1) is 5.41 Å². The van der Waals surface area contributed by atoms with Gasteiger partial charge in [-0.05, 0) is 85.1 Å². The van der Waals surface area contributed by atoms with Crippen molar-refractivity contribution in [3.63, 3.8) is 0 Å². The Hall–Kier alpha value is -3.59. The van der Waals surface area contributed by atoms with Gasteiger partial charge in [-0.3, -0.25) is 0 Å². The van der Waals surface area contributed by atoms with Gasteiger partial charge in [-0.1, -0.05) is 226 Å². The summed E-state index contributed by atoms with van der Waals surface area (Å²) in [7, 11) is -1.66. The second-order valence-corrected chi connectivity index (χ2v) is 20.4. The zero-order chi connectivity index (χ0) is 36.7. The monoisotopic (exact) mass is 862 g/mol. The van der Waals surface area contributed by atoms with Crippen molar-refractivity contribution in [2.24, 2.45) is 5.41 Å². The van der Waals surface area contributed by atoms with Crippen LogP contribution >= 0.6 is 23.8 Å². The van der Waals surface area contributed by atoms with Gasteiger partial charge in [0, 0.05) is 19.5 Å². The Balaban J connectivity index is 0.000000493. The van der Waals surface area contributed by atoms with E-state index in [1.54, 1.807) is 6.08 Å². The van der Waals surface area contributed by atoms with E-state index < -0.39 is 23.8 Å². The summed E-state index contributed by atoms with van der Waals surface area (Å²) in [4.78, 5) is 0.868. The summed E-state index contributed by atoms with van der Waals surface area (Å²) in [5, 5.41) is 8.79. The maximum Gasteiger partial charge on any atom is 0 e. The molecule has 0 bridgehead atoms. The molecule has 0 heterocycles. The molecule has 273 valence electrons. The van der Waals surface area contributed by atoms with Crippen LogP contribution in [0.1, 0.15) is 12.5 Å². The largest absolute Gasteiger partial charge is 0.779 e. The van der Waals surface area contributed by atoms with Crippen molar-refractivity contribution in [2.45, 2.75) is 11.8 Å². The summed E-state index contributed by atoms with van der Waals surface area (Å²) in [6.07, 6.45) is 5.20. The van der Waals surface area contributed by atoms with Gasteiger partial charge < -0.3 is 12.6 Å². The fourth-order valence-electron chi connectivity index (χ4n) is 6.59. The number of hydrogen-bond acceptors (Lipinski definition) is 1. The van der Waals surface area contributed by atoms with Gasteiger partial charge in [0.1, 0.15) is 0 Å². The van der Waals surface area contributed by atoms with E-state index >= 15 is 0 Å². The van der Waals surface area contributed by atoms with E-state index in [2.05, 4.69) is 195 Å². The van der Waals surface area contributed by atoms with E-state index in [-0.39, 0.29) is 24.9 Å². The van der Waals surface area contributed by atoms with Crippen LogP contribution in [-0.4, -0.2) is 18.5 Å². The average Bonchev–Trinajstić information content (AvgIpc) is 3.23. The molecule has 0 saturated heterocycles. The van der Waals surface area contributed by atoms with Gasteiger partial charge in [0.05, 0.1) is 0 Å². The molecule has 0 aliphatic heterocycles. The van der Waals surface area contributed by atoms with E-state index in [4.69, 9.17) is 12.6 Å². The number of benzene rings is 7. The first-order valence-corrected chi connectivity index (χ1v) is 23.0. The SMILES string of the molecule is C=Cc1ccccc1[S-].CC(CP(c1ccccc1)c1ccccc1)(CP(c1ccccc1)c1ccccc1)CP(c1ccccc1)c1ccccc1.[Rh]. The van der Waals surface area contributed by atoms with Crippen LogP contribution in [0.5, 0.6) is 0 Å². The van der Waals surface area contributed by atoms with Gasteiger partial charge in [-0.2, -0.15) is 4.90 Å². The second-order valence-electron chi connectivity index (χ2n) is 13.3. The molecule has 0 unspecified atom stereocenters. The average molecular weight is 863 g/mol. The molecule has 7 aromatic rings. The summed E-state index contributed by atoms with van der Waals surface area (Å²) >= 11 is 4.98. The third kappa shape index (κ3) is 11.7. The van der Waals surface area contributed by atoms with Crippen LogP contribution in [0.25, 0.3) is 6.08 Å². The maximum absolute atomic E-state index is 4.98. The van der Waals surface area contributed by atoms with Gasteiger partial charge in [-0.15, -0.1) is 0 Å². The van der Waals surface area contributed by atoms with E-state index in [9.17, 15) is 0 Å². The van der Waals surface area contributed by atoms with Crippen molar-refractivity contribution in [1.29, 1.82) is 0 Å². The normalized spacial score (nSPS) is 11.0. The van der Waals surface area contributed by atoms with Crippen LogP contribution in [0.3, 0.4) is 0 Å². The molecule has 54 heavy (non-hydrogen) atoms. The summed E-state index contributed by atoms with van der Waals surface area (Å²) in [5.74, 6) is 0. The molecule has 1 radical (unpaired) electrons. The van der Waals surface area contributed by atoms with Crippen molar-refractivity contribution in [3.8, 4) is 0 Å². The molecule has 0 nitrogen and oxygen atoms in total. The molecular formula is C49H46P3RhS-. The molecule has 0 saturated carbocycles. The minimum absolute atomic E-state index is 0. The zero-order valence-electron chi connectivity index (χ0n) is 30.6. The minimum atomic E-state index is -0.555. The van der Waals surface area contributed by atoms with Gasteiger partial charge in [0.25, 0.3) is 0 Å². The topological polar surface area (TPSA) is 0 Å². The third-order valence-electron chi connectivity index (χ3n) is 9.17. The maximum atomic E-state index is 4.98. The first-order valence-electron chi connectivity index (χ1n) is 18.0. The van der Waals surface area contributed by atoms with E-state index in [1.165, 1.54) is 31.8 Å². The zero-order valence-corrected chi connectivity index (χ0v) is 35.8. The van der Waals surface area contributed by atoms with Crippen molar-refractivity contribution in [2.75, 3.05) is 18.5 Å². The van der Waals surface area contributed by atoms with Crippen LogP contribution < -0.4 is 31.8 Å². The van der Waals surface area contributed by atoms with Gasteiger partial charge in [0.2, 0.25) is 0 Å². The number of rotatable bonds is 13. The van der Waals surface area contributed by atoms with Gasteiger partial charge >= 0.3 is 0 Å². The molecule has 7 aromatic carbocycles. The molecular weight excluding hydrogens is 816 g/mol. The Morgan fingerprint density at radius 2 is 0.630 bits per heavy atom. The molecule has 0 fully saturated rings. The molecule has 0 aromatic heterocycles. The van der Waals surface area contributed by atoms with Crippen molar-refractivity contribution >= 4 is 74.3 Å². The smallest absolute Gasteiger partial charge is 0 e. The summed E-state index contributed by atoms with van der Waals surface area (Å²) in [6, 6.07) is 75.4. The summed E-state index contributed by atoms with van der Waals surface area (Å²) < 4.78 is 0. The fourth-order valence-corrected chi connectivity index (χ4v) is 15.5. The second kappa shape index (κ2) is 21.5. The predicted molar refractivity (Wildman–Crippen MR) is 242 cm³/mol. The number of hydrogen-bond donors (Lipinski definition) is 0. The van der Waals surface area contributed by atoms with Crippen molar-refractivity contribution < 1.29 is 19.5 Å². The van der Waals surface area contributed by atoms with Crippen molar-refractivity contribution in [3.05, 3.63) is 218 Å². The van der Waals surface area contributed by atoms with Crippen LogP contribution in [0.15, 0.2) is 218 Å². The van der Waals surface area contributed by atoms with E-state index in [1.807, 2.05) is 24.3 Å². The quantitative estimate of drug-likeness (QED) is 0.0632. The Bertz CT molecular complexity index is 1780. The molecule has 0 atom stereocenters. The molecule has 0 aliphatic carbocycles. The Kier molecular flexibility index (Phi) is 16.5. The summed E-state index contributed by atoms with van der Waals surface area (Å²) in [6.45, 7) is 6.23. The van der Waals surface area contributed by atoms with E-state index in [0.29, 0.717) is 0 Å². The Morgan fingerprint density at radius 1 is 0.407 bits per heavy atom. The van der Waals surface area contributed by atoms with Crippen LogP contribution in [0.2, 0.25) is 0 Å². The van der Waals surface area contributed by atoms with Crippen LogP contribution in [-0.2, 0) is 32.1 Å². The Labute approximate surface area is 345 Å². The Morgan fingerprint density at radius 3 is 0.833 bits per heavy atom. The molecule has 0 amide bonds. The third-order valence-corrected chi connectivity index (χ3v) is 18.3. The van der Waals surface area contributed by atoms with E-state index in [0.717, 1.165) is 28.9 Å². The molecule has 0 N–H and O–H groups in total. The van der Waals surface area contributed by atoms with Gasteiger partial charge in [-0.25, -0.2) is 0 Å². The summed E-state index contributed by atoms with van der Waals surface area (Å²) in [5.41, 5.74) is 1.11. The molecule has 7 rings (SSSR count). The van der Waals surface area contributed by atoms with Gasteiger partial charge in [0.15, 0.2) is 0 Å². The standard InChI is InChI=1S/C41H39P3.C8H8S.Rh/c1-41(32-42(35-20-8-2-9-21-35)36-22-10-3-11-23-36,33-43(37-24-12-4-13-25-37)38-26-14-5-15-27-38)34-44(39-28-16-6-17-29-39)40-30-18-7-19-31-40;1-2-7-5-3-4-6-8(7)9;/h2-31H,32-34H2,1H3;2-6,9H,1H2;/p-1. The molecule has 5 heteroatoms. The molecule has 0 spiro atoms. The fraction of sp³-hybridized carbons (Fsp3) is 0.102. The predicted octanol–water partition coefficient (Wildman–Crippen LogP) is 10.6. The molecule has 0 aliphatic rings. The first kappa shape index (κ1) is 41.6. The first-order chi connectivity index (χ1) is 26.0.